The van der Waals surface area contributed by atoms with Gasteiger partial charge in [-0.2, -0.15) is 0 Å². The topological polar surface area (TPSA) is 90.4 Å². The third-order valence-electron chi connectivity index (χ3n) is 3.23. The molecule has 7 heteroatoms. The maximum absolute atomic E-state index is 12.0. The number of rotatable bonds is 5. The molecule has 1 amide bonds. The molecule has 0 bridgehead atoms. The van der Waals surface area contributed by atoms with Crippen LogP contribution in [0.4, 0.5) is 6.01 Å². The maximum atomic E-state index is 12.0. The van der Waals surface area contributed by atoms with Crippen LogP contribution >= 0.6 is 0 Å². The number of amides is 1. The molecule has 0 spiro atoms. The van der Waals surface area contributed by atoms with E-state index < -0.39 is 0 Å². The summed E-state index contributed by atoms with van der Waals surface area (Å²) >= 11 is 0. The second kappa shape index (κ2) is 6.35. The van der Waals surface area contributed by atoms with E-state index in [4.69, 9.17) is 13.6 Å². The summed E-state index contributed by atoms with van der Waals surface area (Å²) in [4.78, 5) is 12.0. The zero-order chi connectivity index (χ0) is 16.2. The van der Waals surface area contributed by atoms with Crippen molar-refractivity contribution in [2.24, 2.45) is 0 Å². The Bertz CT molecular complexity index is 809. The predicted molar refractivity (Wildman–Crippen MR) is 82.1 cm³/mol. The van der Waals surface area contributed by atoms with Gasteiger partial charge >= 0.3 is 6.01 Å². The van der Waals surface area contributed by atoms with E-state index in [0.29, 0.717) is 5.76 Å². The van der Waals surface area contributed by atoms with Crippen molar-refractivity contribution in [1.29, 1.82) is 0 Å². The molecule has 23 heavy (non-hydrogen) atoms. The predicted octanol–water partition coefficient (Wildman–Crippen LogP) is 2.83. The molecule has 0 aliphatic carbocycles. The Morgan fingerprint density at radius 1 is 1.30 bits per heavy atom. The molecule has 2 heterocycles. The largest absolute Gasteiger partial charge is 0.496 e. The number of hydrogen-bond donors (Lipinski definition) is 1. The Labute approximate surface area is 132 Å². The minimum Gasteiger partial charge on any atom is -0.496 e. The lowest BCUT2D eigenvalue weighted by atomic mass is 10.1. The van der Waals surface area contributed by atoms with Crippen molar-refractivity contribution < 1.29 is 18.4 Å². The van der Waals surface area contributed by atoms with Gasteiger partial charge in [-0.1, -0.05) is 17.2 Å². The fourth-order valence-corrected chi connectivity index (χ4v) is 2.17. The standard InChI is InChI=1S/C16H15N3O4/c1-10-8-11(5-6-12(10)21-2)9-14(20)17-16-19-18-15(23-16)13-4-3-7-22-13/h3-8H,9H2,1-2H3,(H,17,19,20). The highest BCUT2D eigenvalue weighted by Gasteiger charge is 2.13. The molecule has 2 aromatic heterocycles. The second-order valence-corrected chi connectivity index (χ2v) is 4.92. The normalized spacial score (nSPS) is 10.5. The number of furan rings is 1. The average Bonchev–Trinajstić information content (AvgIpc) is 3.18. The van der Waals surface area contributed by atoms with Gasteiger partial charge in [0.1, 0.15) is 5.75 Å². The van der Waals surface area contributed by atoms with Crippen LogP contribution in [0.15, 0.2) is 45.4 Å². The van der Waals surface area contributed by atoms with Crippen LogP contribution in [-0.2, 0) is 11.2 Å². The van der Waals surface area contributed by atoms with E-state index in [0.717, 1.165) is 16.9 Å². The van der Waals surface area contributed by atoms with Crippen LogP contribution < -0.4 is 10.1 Å². The smallest absolute Gasteiger partial charge is 0.322 e. The summed E-state index contributed by atoms with van der Waals surface area (Å²) in [6.07, 6.45) is 1.70. The number of benzene rings is 1. The monoisotopic (exact) mass is 313 g/mol. The number of carbonyl (C=O) groups is 1. The van der Waals surface area contributed by atoms with E-state index in [1.807, 2.05) is 25.1 Å². The molecule has 3 rings (SSSR count). The van der Waals surface area contributed by atoms with Crippen LogP contribution in [0.1, 0.15) is 11.1 Å². The van der Waals surface area contributed by atoms with Crippen molar-refractivity contribution in [3.05, 3.63) is 47.7 Å². The SMILES string of the molecule is COc1ccc(CC(=O)Nc2nnc(-c3ccco3)o2)cc1C. The molecule has 0 unspecified atom stereocenters. The van der Waals surface area contributed by atoms with Crippen LogP contribution in [0.25, 0.3) is 11.7 Å². The molecule has 118 valence electrons. The highest BCUT2D eigenvalue weighted by atomic mass is 16.5. The molecule has 0 aliphatic heterocycles. The summed E-state index contributed by atoms with van der Waals surface area (Å²) in [6.45, 7) is 1.92. The number of aryl methyl sites for hydroxylation is 1. The molecule has 1 N–H and O–H groups in total. The first-order chi connectivity index (χ1) is 11.2. The first kappa shape index (κ1) is 14.8. The number of nitrogens with one attached hydrogen (secondary N) is 1. The van der Waals surface area contributed by atoms with Crippen LogP contribution in [0, 0.1) is 6.92 Å². The summed E-state index contributed by atoms with van der Waals surface area (Å²) in [5.74, 6) is 1.20. The number of hydrogen-bond acceptors (Lipinski definition) is 6. The van der Waals surface area contributed by atoms with Crippen LogP contribution in [0.5, 0.6) is 5.75 Å². The first-order valence-corrected chi connectivity index (χ1v) is 6.96. The van der Waals surface area contributed by atoms with Gasteiger partial charge < -0.3 is 13.6 Å². The highest BCUT2D eigenvalue weighted by Crippen LogP contribution is 2.21. The van der Waals surface area contributed by atoms with Gasteiger partial charge in [-0.3, -0.25) is 10.1 Å². The van der Waals surface area contributed by atoms with Crippen molar-refractivity contribution in [3.63, 3.8) is 0 Å². The van der Waals surface area contributed by atoms with Crippen molar-refractivity contribution in [1.82, 2.24) is 10.2 Å². The van der Waals surface area contributed by atoms with Crippen LogP contribution in [0.3, 0.4) is 0 Å². The number of methoxy groups -OCH3 is 1. The van der Waals surface area contributed by atoms with Crippen molar-refractivity contribution in [2.75, 3.05) is 12.4 Å². The van der Waals surface area contributed by atoms with Gasteiger partial charge in [0.15, 0.2) is 5.76 Å². The Morgan fingerprint density at radius 2 is 2.17 bits per heavy atom. The van der Waals surface area contributed by atoms with E-state index in [-0.39, 0.29) is 24.2 Å². The van der Waals surface area contributed by atoms with Crippen LogP contribution in [0.2, 0.25) is 0 Å². The average molecular weight is 313 g/mol. The molecular formula is C16H15N3O4. The molecule has 0 radical (unpaired) electrons. The first-order valence-electron chi connectivity index (χ1n) is 6.96. The molecular weight excluding hydrogens is 298 g/mol. The number of carbonyl (C=O) groups excluding carboxylic acids is 1. The van der Waals surface area contributed by atoms with Crippen molar-refractivity contribution >= 4 is 11.9 Å². The summed E-state index contributed by atoms with van der Waals surface area (Å²) < 4.78 is 15.7. The highest BCUT2D eigenvalue weighted by molar-refractivity contribution is 5.90. The van der Waals surface area contributed by atoms with Crippen LogP contribution in [-0.4, -0.2) is 23.2 Å². The second-order valence-electron chi connectivity index (χ2n) is 4.92. The maximum Gasteiger partial charge on any atom is 0.322 e. The lowest BCUT2D eigenvalue weighted by Crippen LogP contribution is -2.14. The quantitative estimate of drug-likeness (QED) is 0.779. The fraction of sp³-hybridized carbons (Fsp3) is 0.188. The summed E-state index contributed by atoms with van der Waals surface area (Å²) in [5.41, 5.74) is 1.84. The lowest BCUT2D eigenvalue weighted by molar-refractivity contribution is -0.115. The van der Waals surface area contributed by atoms with Gasteiger partial charge in [0.2, 0.25) is 5.91 Å². The zero-order valence-electron chi connectivity index (χ0n) is 12.7. The van der Waals surface area contributed by atoms with Gasteiger partial charge in [0, 0.05) is 0 Å². The number of nitrogens with zero attached hydrogens (tertiary/aromatic N) is 2. The molecule has 0 saturated heterocycles. The zero-order valence-corrected chi connectivity index (χ0v) is 12.7. The number of anilines is 1. The number of ether oxygens (including phenoxy) is 1. The third-order valence-corrected chi connectivity index (χ3v) is 3.23. The van der Waals surface area contributed by atoms with Gasteiger partial charge in [-0.05, 0) is 36.2 Å². The number of aromatic nitrogens is 2. The molecule has 0 saturated carbocycles. The lowest BCUT2D eigenvalue weighted by Gasteiger charge is -2.06. The third kappa shape index (κ3) is 3.39. The summed E-state index contributed by atoms with van der Waals surface area (Å²) in [6, 6.07) is 9.02. The minimum absolute atomic E-state index is 0.0339. The van der Waals surface area contributed by atoms with Gasteiger partial charge in [-0.15, -0.1) is 5.10 Å². The fourth-order valence-electron chi connectivity index (χ4n) is 2.17. The van der Waals surface area contributed by atoms with Gasteiger partial charge in [0.25, 0.3) is 5.89 Å². The Balaban J connectivity index is 1.64. The molecule has 0 fully saturated rings. The molecule has 0 atom stereocenters. The molecule has 7 nitrogen and oxygen atoms in total. The molecule has 0 aliphatic rings. The molecule has 3 aromatic rings. The van der Waals surface area contributed by atoms with Gasteiger partial charge in [0.05, 0.1) is 19.8 Å². The Kier molecular flexibility index (Phi) is 4.09. The minimum atomic E-state index is -0.246. The Morgan fingerprint density at radius 3 is 2.87 bits per heavy atom. The summed E-state index contributed by atoms with van der Waals surface area (Å²) in [7, 11) is 1.61. The van der Waals surface area contributed by atoms with E-state index in [2.05, 4.69) is 15.5 Å². The van der Waals surface area contributed by atoms with E-state index in [1.54, 1.807) is 19.2 Å². The van der Waals surface area contributed by atoms with Crippen molar-refractivity contribution in [2.45, 2.75) is 13.3 Å². The van der Waals surface area contributed by atoms with Crippen molar-refractivity contribution in [3.8, 4) is 17.4 Å². The van der Waals surface area contributed by atoms with E-state index >= 15 is 0 Å². The molecule has 1 aromatic carbocycles. The van der Waals surface area contributed by atoms with E-state index in [1.165, 1.54) is 6.26 Å². The van der Waals surface area contributed by atoms with E-state index in [9.17, 15) is 4.79 Å². The Hall–Kier alpha value is -3.09. The summed E-state index contributed by atoms with van der Waals surface area (Å²) in [5, 5.41) is 10.2. The van der Waals surface area contributed by atoms with Gasteiger partial charge in [-0.25, -0.2) is 0 Å².